The monoisotopic (exact) mass is 330 g/mol. The highest BCUT2D eigenvalue weighted by atomic mass is 16.3. The number of fused-ring (bicyclic) bond motifs is 1. The van der Waals surface area contributed by atoms with E-state index in [4.69, 9.17) is 0 Å². The minimum Gasteiger partial charge on any atom is -0.388 e. The molecule has 0 heterocycles. The summed E-state index contributed by atoms with van der Waals surface area (Å²) in [5.41, 5.74) is 3.84. The van der Waals surface area contributed by atoms with Crippen LogP contribution in [0.1, 0.15) is 71.6 Å². The summed E-state index contributed by atoms with van der Waals surface area (Å²) in [6.07, 6.45) is 13.9. The first kappa shape index (κ1) is 17.9. The molecule has 0 amide bonds. The first-order chi connectivity index (χ1) is 11.5. The van der Waals surface area contributed by atoms with Crippen LogP contribution < -0.4 is 0 Å². The molecule has 134 valence electrons. The fourth-order valence-corrected chi connectivity index (χ4v) is 5.59. The van der Waals surface area contributed by atoms with Gasteiger partial charge in [0, 0.05) is 0 Å². The van der Waals surface area contributed by atoms with Crippen LogP contribution >= 0.6 is 0 Å². The zero-order valence-corrected chi connectivity index (χ0v) is 15.4. The molecular formula is C22H34O2. The molecule has 0 unspecified atom stereocenters. The van der Waals surface area contributed by atoms with Gasteiger partial charge in [0.25, 0.3) is 0 Å². The highest BCUT2D eigenvalue weighted by molar-refractivity contribution is 5.29. The molecule has 3 rings (SSSR count). The largest absolute Gasteiger partial charge is 0.388 e. The van der Waals surface area contributed by atoms with Crippen LogP contribution in [-0.4, -0.2) is 22.4 Å². The van der Waals surface area contributed by atoms with Crippen LogP contribution in [0.4, 0.5) is 0 Å². The van der Waals surface area contributed by atoms with E-state index in [1.807, 2.05) is 0 Å². The molecule has 2 heteroatoms. The summed E-state index contributed by atoms with van der Waals surface area (Å²) < 4.78 is 0. The van der Waals surface area contributed by atoms with Crippen LogP contribution in [0.2, 0.25) is 0 Å². The second kappa shape index (κ2) is 7.17. The molecule has 0 radical (unpaired) electrons. The van der Waals surface area contributed by atoms with Crippen molar-refractivity contribution in [2.45, 2.75) is 83.8 Å². The van der Waals surface area contributed by atoms with E-state index < -0.39 is 12.2 Å². The summed E-state index contributed by atoms with van der Waals surface area (Å²) in [4.78, 5) is 0. The molecule has 0 aliphatic heterocycles. The molecule has 3 aliphatic rings. The minimum absolute atomic E-state index is 0.498. The highest BCUT2D eigenvalue weighted by Crippen LogP contribution is 2.58. The van der Waals surface area contributed by atoms with Crippen molar-refractivity contribution in [3.8, 4) is 0 Å². The van der Waals surface area contributed by atoms with E-state index in [0.29, 0.717) is 23.8 Å². The van der Waals surface area contributed by atoms with Gasteiger partial charge in [-0.15, -0.1) is 0 Å². The Morgan fingerprint density at radius 2 is 1.88 bits per heavy atom. The third-order valence-corrected chi connectivity index (χ3v) is 7.10. The Balaban J connectivity index is 1.76. The Kier molecular flexibility index (Phi) is 5.36. The molecular weight excluding hydrogens is 296 g/mol. The average Bonchev–Trinajstić information content (AvgIpc) is 2.88. The lowest BCUT2D eigenvalue weighted by Gasteiger charge is -2.42. The fraction of sp³-hybridized carbons (Fsp3) is 0.727. The van der Waals surface area contributed by atoms with Crippen LogP contribution in [-0.2, 0) is 0 Å². The smallest absolute Gasteiger partial charge is 0.0809 e. The van der Waals surface area contributed by atoms with Gasteiger partial charge in [-0.25, -0.2) is 0 Å². The third-order valence-electron chi connectivity index (χ3n) is 7.10. The van der Waals surface area contributed by atoms with Gasteiger partial charge >= 0.3 is 0 Å². The van der Waals surface area contributed by atoms with E-state index >= 15 is 0 Å². The van der Waals surface area contributed by atoms with Crippen molar-refractivity contribution in [1.82, 2.24) is 0 Å². The van der Waals surface area contributed by atoms with E-state index in [0.717, 1.165) is 17.4 Å². The van der Waals surface area contributed by atoms with Crippen molar-refractivity contribution in [1.29, 1.82) is 0 Å². The fourth-order valence-electron chi connectivity index (χ4n) is 5.59. The Bertz CT molecular complexity index is 528. The normalized spacial score (nSPS) is 41.6. The number of hydrogen-bond donors (Lipinski definition) is 2. The van der Waals surface area contributed by atoms with Crippen LogP contribution in [0.3, 0.4) is 0 Å². The lowest BCUT2D eigenvalue weighted by Crippen LogP contribution is -2.33. The average molecular weight is 331 g/mol. The van der Waals surface area contributed by atoms with Gasteiger partial charge in [-0.2, -0.15) is 0 Å². The Morgan fingerprint density at radius 1 is 1.17 bits per heavy atom. The van der Waals surface area contributed by atoms with Crippen molar-refractivity contribution in [2.75, 3.05) is 0 Å². The number of hydrogen-bond acceptors (Lipinski definition) is 2. The van der Waals surface area contributed by atoms with E-state index in [1.54, 1.807) is 5.57 Å². The summed E-state index contributed by atoms with van der Waals surface area (Å²) in [6, 6.07) is 0. The van der Waals surface area contributed by atoms with Gasteiger partial charge in [0.1, 0.15) is 0 Å². The number of aliphatic hydroxyl groups is 2. The Hall–Kier alpha value is -0.860. The lowest BCUT2D eigenvalue weighted by atomic mass is 9.63. The van der Waals surface area contributed by atoms with Gasteiger partial charge < -0.3 is 10.2 Å². The molecule has 0 aromatic heterocycles. The molecule has 0 aromatic rings. The maximum Gasteiger partial charge on any atom is 0.0809 e. The Morgan fingerprint density at radius 3 is 2.54 bits per heavy atom. The zero-order valence-electron chi connectivity index (χ0n) is 15.4. The maximum atomic E-state index is 10.0. The molecule has 3 saturated carbocycles. The van der Waals surface area contributed by atoms with Gasteiger partial charge in [-0.3, -0.25) is 0 Å². The lowest BCUT2D eigenvalue weighted by molar-refractivity contribution is 0.123. The standard InChI is InChI=1S/C22H34O2/c1-4-6-18-10-11-19-17(7-5-12-22(18,19)3)9-8-16-13-20(23)15(2)21(24)14-16/h8-9,18-21,23-24H,2,4-7,10-14H2,1,3H3/b17-9+/t18-,19-,20+,21+,22+/m0/s1. The molecule has 0 spiro atoms. The topological polar surface area (TPSA) is 40.5 Å². The van der Waals surface area contributed by atoms with E-state index in [2.05, 4.69) is 32.6 Å². The molecule has 24 heavy (non-hydrogen) atoms. The van der Waals surface area contributed by atoms with Gasteiger partial charge in [-0.1, -0.05) is 56.6 Å². The van der Waals surface area contributed by atoms with Crippen molar-refractivity contribution in [2.24, 2.45) is 17.3 Å². The summed E-state index contributed by atoms with van der Waals surface area (Å²) in [6.45, 7) is 8.64. The van der Waals surface area contributed by atoms with Crippen molar-refractivity contribution in [3.05, 3.63) is 35.5 Å². The minimum atomic E-state index is -0.588. The summed E-state index contributed by atoms with van der Waals surface area (Å²) in [5.74, 6) is 1.64. The first-order valence-electron chi connectivity index (χ1n) is 9.89. The van der Waals surface area contributed by atoms with E-state index in [-0.39, 0.29) is 0 Å². The number of rotatable bonds is 3. The second-order valence-electron chi connectivity index (χ2n) is 8.56. The summed E-state index contributed by atoms with van der Waals surface area (Å²) >= 11 is 0. The summed E-state index contributed by atoms with van der Waals surface area (Å²) in [7, 11) is 0. The molecule has 5 atom stereocenters. The number of allylic oxidation sites excluding steroid dienone is 3. The van der Waals surface area contributed by atoms with Crippen molar-refractivity contribution >= 4 is 0 Å². The van der Waals surface area contributed by atoms with Gasteiger partial charge in [0.2, 0.25) is 0 Å². The summed E-state index contributed by atoms with van der Waals surface area (Å²) in [5, 5.41) is 20.0. The SMILES string of the molecule is C=C1[C@H](O)CC(=C/C=C2\CCC[C@]3(C)[C@@H](CCC)CC[C@@H]23)C[C@H]1O. The van der Waals surface area contributed by atoms with Crippen LogP contribution in [0.25, 0.3) is 0 Å². The second-order valence-corrected chi connectivity index (χ2v) is 8.56. The molecule has 0 saturated heterocycles. The molecule has 3 fully saturated rings. The van der Waals surface area contributed by atoms with Crippen LogP contribution in [0, 0.1) is 17.3 Å². The van der Waals surface area contributed by atoms with E-state index in [1.165, 1.54) is 44.9 Å². The zero-order chi connectivity index (χ0) is 17.3. The predicted molar refractivity (Wildman–Crippen MR) is 99.6 cm³/mol. The highest BCUT2D eigenvalue weighted by Gasteiger charge is 2.48. The van der Waals surface area contributed by atoms with Crippen molar-refractivity contribution < 1.29 is 10.2 Å². The van der Waals surface area contributed by atoms with Crippen LogP contribution in [0.5, 0.6) is 0 Å². The quantitative estimate of drug-likeness (QED) is 0.721. The number of aliphatic hydroxyl groups excluding tert-OH is 2. The van der Waals surface area contributed by atoms with Crippen LogP contribution in [0.15, 0.2) is 35.5 Å². The molecule has 0 bridgehead atoms. The van der Waals surface area contributed by atoms with E-state index in [9.17, 15) is 10.2 Å². The molecule has 2 nitrogen and oxygen atoms in total. The third kappa shape index (κ3) is 3.28. The predicted octanol–water partition coefficient (Wildman–Crippen LogP) is 4.93. The molecule has 0 aromatic carbocycles. The van der Waals surface area contributed by atoms with Gasteiger partial charge in [-0.05, 0) is 67.8 Å². The Labute approximate surface area is 147 Å². The first-order valence-corrected chi connectivity index (χ1v) is 9.89. The maximum absolute atomic E-state index is 10.0. The van der Waals surface area contributed by atoms with Gasteiger partial charge in [0.05, 0.1) is 12.2 Å². The van der Waals surface area contributed by atoms with Crippen molar-refractivity contribution in [3.63, 3.8) is 0 Å². The molecule has 3 aliphatic carbocycles. The van der Waals surface area contributed by atoms with Gasteiger partial charge in [0.15, 0.2) is 0 Å². The molecule has 2 N–H and O–H groups in total.